The molecule has 0 aromatic heterocycles. The van der Waals surface area contributed by atoms with Crippen LogP contribution in [0.5, 0.6) is 0 Å². The van der Waals surface area contributed by atoms with Crippen LogP contribution in [0, 0.1) is 5.82 Å². The van der Waals surface area contributed by atoms with Gasteiger partial charge in [-0.05, 0) is 62.9 Å². The topological polar surface area (TPSA) is 53.2 Å². The first-order valence-electron chi connectivity index (χ1n) is 7.68. The minimum absolute atomic E-state index is 0.144. The smallest absolute Gasteiger partial charge is 0.244 e. The lowest BCUT2D eigenvalue weighted by atomic mass is 9.90. The van der Waals surface area contributed by atoms with E-state index in [0.717, 1.165) is 43.5 Å². The van der Waals surface area contributed by atoms with Crippen molar-refractivity contribution in [3.8, 4) is 0 Å². The van der Waals surface area contributed by atoms with Crippen LogP contribution in [0.1, 0.15) is 37.3 Å². The Balaban J connectivity index is 1.80. The van der Waals surface area contributed by atoms with Crippen LogP contribution < -0.4 is 16.0 Å². The summed E-state index contributed by atoms with van der Waals surface area (Å²) in [6, 6.07) is 3.57. The van der Waals surface area contributed by atoms with Crippen molar-refractivity contribution in [3.63, 3.8) is 0 Å². The van der Waals surface area contributed by atoms with Gasteiger partial charge < -0.3 is 16.0 Å². The van der Waals surface area contributed by atoms with Crippen molar-refractivity contribution in [1.29, 1.82) is 0 Å². The molecule has 1 aromatic carbocycles. The summed E-state index contributed by atoms with van der Waals surface area (Å²) in [5.41, 5.74) is 1.42. The second-order valence-electron chi connectivity index (χ2n) is 6.16. The predicted molar refractivity (Wildman–Crippen MR) is 80.7 cm³/mol. The molecule has 1 aromatic rings. The average molecular weight is 291 g/mol. The molecule has 114 valence electrons. The molecule has 2 aliphatic heterocycles. The van der Waals surface area contributed by atoms with Crippen molar-refractivity contribution < 1.29 is 9.18 Å². The van der Waals surface area contributed by atoms with Crippen molar-refractivity contribution in [2.24, 2.45) is 0 Å². The Morgan fingerprint density at radius 3 is 2.95 bits per heavy atom. The Kier molecular flexibility index (Phi) is 3.95. The predicted octanol–water partition coefficient (Wildman–Crippen LogP) is 1.94. The average Bonchev–Trinajstić information content (AvgIpc) is 2.51. The Morgan fingerprint density at radius 2 is 2.19 bits per heavy atom. The van der Waals surface area contributed by atoms with E-state index in [0.29, 0.717) is 18.7 Å². The number of piperidine rings is 1. The third-order valence-electron chi connectivity index (χ3n) is 4.58. The number of halogens is 1. The molecule has 5 heteroatoms. The van der Waals surface area contributed by atoms with Crippen molar-refractivity contribution in [2.45, 2.75) is 44.7 Å². The lowest BCUT2D eigenvalue weighted by molar-refractivity contribution is -0.122. The second kappa shape index (κ2) is 5.73. The summed E-state index contributed by atoms with van der Waals surface area (Å²) in [5, 5.41) is 9.25. The van der Waals surface area contributed by atoms with Crippen LogP contribution in [0.25, 0.3) is 0 Å². The maximum absolute atomic E-state index is 14.5. The molecule has 3 N–H and O–H groups in total. The molecular formula is C16H22FN3O. The summed E-state index contributed by atoms with van der Waals surface area (Å²) < 4.78 is 14.5. The monoisotopic (exact) mass is 291 g/mol. The van der Waals surface area contributed by atoms with Crippen LogP contribution >= 0.6 is 0 Å². The third kappa shape index (κ3) is 2.80. The quantitative estimate of drug-likeness (QED) is 0.780. The molecule has 0 spiro atoms. The van der Waals surface area contributed by atoms with Crippen molar-refractivity contribution in [3.05, 3.63) is 29.1 Å². The Bertz CT molecular complexity index is 553. The van der Waals surface area contributed by atoms with Gasteiger partial charge in [0, 0.05) is 6.54 Å². The van der Waals surface area contributed by atoms with Crippen LogP contribution in [-0.2, 0) is 17.8 Å². The van der Waals surface area contributed by atoms with Gasteiger partial charge in [0.05, 0.1) is 11.2 Å². The van der Waals surface area contributed by atoms with Crippen molar-refractivity contribution in [1.82, 2.24) is 10.6 Å². The van der Waals surface area contributed by atoms with E-state index in [4.69, 9.17) is 0 Å². The fourth-order valence-electron chi connectivity index (χ4n) is 3.14. The number of amides is 1. The van der Waals surface area contributed by atoms with E-state index >= 15 is 0 Å². The summed E-state index contributed by atoms with van der Waals surface area (Å²) in [6.45, 7) is 4.20. The number of anilines is 1. The fraction of sp³-hybridized carbons (Fsp3) is 0.562. The summed E-state index contributed by atoms with van der Waals surface area (Å²) >= 11 is 0. The normalized spacial score (nSPS) is 25.2. The highest BCUT2D eigenvalue weighted by atomic mass is 19.1. The number of rotatable bonds is 2. The summed E-state index contributed by atoms with van der Waals surface area (Å²) in [6.07, 6.45) is 3.56. The zero-order chi connectivity index (χ0) is 14.9. The van der Waals surface area contributed by atoms with E-state index in [-0.39, 0.29) is 11.7 Å². The molecule has 1 saturated heterocycles. The minimum Gasteiger partial charge on any atom is -0.322 e. The van der Waals surface area contributed by atoms with Gasteiger partial charge in [0.2, 0.25) is 5.91 Å². The molecule has 0 aliphatic carbocycles. The maximum Gasteiger partial charge on any atom is 0.244 e. The van der Waals surface area contributed by atoms with Gasteiger partial charge in [0.15, 0.2) is 0 Å². The molecule has 0 bridgehead atoms. The van der Waals surface area contributed by atoms with Gasteiger partial charge in [-0.25, -0.2) is 4.39 Å². The summed E-state index contributed by atoms with van der Waals surface area (Å²) in [7, 11) is 0. The van der Waals surface area contributed by atoms with Gasteiger partial charge in [-0.1, -0.05) is 6.07 Å². The van der Waals surface area contributed by atoms with Crippen LogP contribution in [0.15, 0.2) is 12.1 Å². The number of hydrogen-bond acceptors (Lipinski definition) is 3. The molecule has 21 heavy (non-hydrogen) atoms. The molecule has 4 nitrogen and oxygen atoms in total. The van der Waals surface area contributed by atoms with Gasteiger partial charge in [0.1, 0.15) is 5.82 Å². The lowest BCUT2D eigenvalue weighted by Gasteiger charge is -2.33. The molecule has 0 radical (unpaired) electrons. The van der Waals surface area contributed by atoms with E-state index in [2.05, 4.69) is 16.0 Å². The Labute approximate surface area is 124 Å². The standard InChI is InChI=1S/C16H22FN3O/c1-16(7-2-3-8-19-16)15(21)20-13-5-4-11-10-18-9-6-12(11)14(13)17/h4-5,18-19H,2-3,6-10H2,1H3,(H,20,21). The van der Waals surface area contributed by atoms with Crippen molar-refractivity contribution in [2.75, 3.05) is 18.4 Å². The summed E-state index contributed by atoms with van der Waals surface area (Å²) in [4.78, 5) is 12.5. The second-order valence-corrected chi connectivity index (χ2v) is 6.16. The van der Waals surface area contributed by atoms with Crippen LogP contribution in [0.4, 0.5) is 10.1 Å². The number of fused-ring (bicyclic) bond motifs is 1. The third-order valence-corrected chi connectivity index (χ3v) is 4.58. The van der Waals surface area contributed by atoms with Crippen LogP contribution in [0.2, 0.25) is 0 Å². The lowest BCUT2D eigenvalue weighted by Crippen LogP contribution is -2.54. The maximum atomic E-state index is 14.5. The number of hydrogen-bond donors (Lipinski definition) is 3. The van der Waals surface area contributed by atoms with Crippen LogP contribution in [0.3, 0.4) is 0 Å². The molecule has 3 rings (SSSR count). The highest BCUT2D eigenvalue weighted by molar-refractivity contribution is 5.98. The van der Waals surface area contributed by atoms with Gasteiger partial charge in [-0.15, -0.1) is 0 Å². The van der Waals surface area contributed by atoms with Crippen molar-refractivity contribution >= 4 is 11.6 Å². The van der Waals surface area contributed by atoms with Gasteiger partial charge in [0.25, 0.3) is 0 Å². The number of carbonyl (C=O) groups is 1. The SMILES string of the molecule is CC1(C(=O)Nc2ccc3c(c2F)CCNC3)CCCCN1. The Hall–Kier alpha value is -1.46. The first-order chi connectivity index (χ1) is 10.1. The highest BCUT2D eigenvalue weighted by Gasteiger charge is 2.34. The molecule has 1 atom stereocenters. The first kappa shape index (κ1) is 14.5. The van der Waals surface area contributed by atoms with E-state index in [1.54, 1.807) is 6.07 Å². The number of carbonyl (C=O) groups excluding carboxylic acids is 1. The highest BCUT2D eigenvalue weighted by Crippen LogP contribution is 2.26. The fourth-order valence-corrected chi connectivity index (χ4v) is 3.14. The molecule has 2 aliphatic rings. The van der Waals surface area contributed by atoms with E-state index in [1.807, 2.05) is 13.0 Å². The van der Waals surface area contributed by atoms with Gasteiger partial charge >= 0.3 is 0 Å². The largest absolute Gasteiger partial charge is 0.322 e. The van der Waals surface area contributed by atoms with Gasteiger partial charge in [-0.2, -0.15) is 0 Å². The van der Waals surface area contributed by atoms with E-state index < -0.39 is 5.54 Å². The zero-order valence-electron chi connectivity index (χ0n) is 12.4. The molecule has 1 amide bonds. The van der Waals surface area contributed by atoms with E-state index in [9.17, 15) is 9.18 Å². The minimum atomic E-state index is -0.595. The molecule has 1 fully saturated rings. The van der Waals surface area contributed by atoms with E-state index in [1.165, 1.54) is 0 Å². The van der Waals surface area contributed by atoms with Gasteiger partial charge in [-0.3, -0.25) is 4.79 Å². The number of benzene rings is 1. The summed E-state index contributed by atoms with van der Waals surface area (Å²) in [5.74, 6) is -0.420. The van der Waals surface area contributed by atoms with Crippen LogP contribution in [-0.4, -0.2) is 24.5 Å². The number of nitrogens with one attached hydrogen (secondary N) is 3. The Morgan fingerprint density at radius 1 is 1.33 bits per heavy atom. The molecule has 1 unspecified atom stereocenters. The zero-order valence-corrected chi connectivity index (χ0v) is 12.4. The molecule has 0 saturated carbocycles. The first-order valence-corrected chi connectivity index (χ1v) is 7.68. The molecular weight excluding hydrogens is 269 g/mol. The molecule has 2 heterocycles.